The Hall–Kier alpha value is -2.95. The van der Waals surface area contributed by atoms with E-state index < -0.39 is 17.7 Å². The Kier molecular flexibility index (Phi) is 4.64. The minimum absolute atomic E-state index is 0.135. The molecule has 2 aromatic rings. The maximum atomic E-state index is 12.9. The minimum Gasteiger partial charge on any atom is -0.503 e. The van der Waals surface area contributed by atoms with Gasteiger partial charge < -0.3 is 5.11 Å². The molecule has 1 N–H and O–H groups in total. The summed E-state index contributed by atoms with van der Waals surface area (Å²) < 4.78 is 0. The van der Waals surface area contributed by atoms with Gasteiger partial charge >= 0.3 is 0 Å². The maximum Gasteiger partial charge on any atom is 0.294 e. The molecule has 0 spiro atoms. The van der Waals surface area contributed by atoms with Crippen molar-refractivity contribution in [3.8, 4) is 0 Å². The lowest BCUT2D eigenvalue weighted by atomic mass is 9.92. The van der Waals surface area contributed by atoms with Gasteiger partial charge in [-0.05, 0) is 48.7 Å². The summed E-state index contributed by atoms with van der Waals surface area (Å²) in [6.07, 6.45) is 3.26. The molecule has 1 unspecified atom stereocenters. The summed E-state index contributed by atoms with van der Waals surface area (Å²) in [5.41, 5.74) is 3.60. The largest absolute Gasteiger partial charge is 0.503 e. The summed E-state index contributed by atoms with van der Waals surface area (Å²) in [4.78, 5) is 31.2. The molecule has 0 saturated carbocycles. The summed E-state index contributed by atoms with van der Waals surface area (Å²) in [7, 11) is 0. The van der Waals surface area contributed by atoms with E-state index in [1.165, 1.54) is 4.90 Å². The van der Waals surface area contributed by atoms with Crippen molar-refractivity contribution in [2.45, 2.75) is 33.7 Å². The molecule has 0 saturated heterocycles. The van der Waals surface area contributed by atoms with Gasteiger partial charge in [-0.2, -0.15) is 0 Å². The van der Waals surface area contributed by atoms with Crippen LogP contribution in [0, 0.1) is 19.8 Å². The van der Waals surface area contributed by atoms with E-state index in [4.69, 9.17) is 0 Å². The standard InChI is InChI=1S/C21H22N2O3/c1-12(2)19(24)17-18(15-6-5-9-22-11-15)23(21(26)20(17)25)16-8-7-13(3)14(4)10-16/h5-12,18,25H,1-4H3. The van der Waals surface area contributed by atoms with Crippen molar-refractivity contribution in [3.05, 3.63) is 70.7 Å². The van der Waals surface area contributed by atoms with Gasteiger partial charge in [-0.15, -0.1) is 0 Å². The molecular weight excluding hydrogens is 328 g/mol. The first kappa shape index (κ1) is 17.9. The van der Waals surface area contributed by atoms with Gasteiger partial charge in [0.1, 0.15) is 0 Å². The molecule has 134 valence electrons. The highest BCUT2D eigenvalue weighted by Crippen LogP contribution is 2.41. The van der Waals surface area contributed by atoms with E-state index >= 15 is 0 Å². The van der Waals surface area contributed by atoms with Crippen molar-refractivity contribution < 1.29 is 14.7 Å². The number of carbonyl (C=O) groups is 2. The normalized spacial score (nSPS) is 17.3. The zero-order chi connectivity index (χ0) is 19.0. The number of pyridine rings is 1. The quantitative estimate of drug-likeness (QED) is 0.910. The fourth-order valence-electron chi connectivity index (χ4n) is 3.16. The van der Waals surface area contributed by atoms with Crippen molar-refractivity contribution in [1.29, 1.82) is 0 Å². The Labute approximate surface area is 153 Å². The van der Waals surface area contributed by atoms with Gasteiger partial charge in [-0.1, -0.05) is 26.0 Å². The van der Waals surface area contributed by atoms with Gasteiger partial charge in [-0.3, -0.25) is 19.5 Å². The van der Waals surface area contributed by atoms with Crippen molar-refractivity contribution >= 4 is 17.4 Å². The van der Waals surface area contributed by atoms with Crippen LogP contribution in [0.2, 0.25) is 0 Å². The zero-order valence-electron chi connectivity index (χ0n) is 15.4. The number of aromatic nitrogens is 1. The molecule has 0 radical (unpaired) electrons. The number of Topliss-reactive ketones (excluding diaryl/α,β-unsaturated/α-hetero) is 1. The molecule has 1 amide bonds. The number of carbonyl (C=O) groups excluding carboxylic acids is 2. The number of benzene rings is 1. The van der Waals surface area contributed by atoms with Crippen LogP contribution in [0.3, 0.4) is 0 Å². The Morgan fingerprint density at radius 2 is 1.92 bits per heavy atom. The Morgan fingerprint density at radius 3 is 2.50 bits per heavy atom. The van der Waals surface area contributed by atoms with Gasteiger partial charge in [0.2, 0.25) is 0 Å². The number of ketones is 1. The van der Waals surface area contributed by atoms with E-state index in [9.17, 15) is 14.7 Å². The van der Waals surface area contributed by atoms with Crippen molar-refractivity contribution in [3.63, 3.8) is 0 Å². The molecule has 0 fully saturated rings. The molecule has 5 nitrogen and oxygen atoms in total. The number of amides is 1. The first-order valence-electron chi connectivity index (χ1n) is 8.61. The van der Waals surface area contributed by atoms with Crippen LogP contribution in [0.4, 0.5) is 5.69 Å². The van der Waals surface area contributed by atoms with Crippen LogP contribution in [-0.4, -0.2) is 21.8 Å². The van der Waals surface area contributed by atoms with Crippen LogP contribution in [0.25, 0.3) is 0 Å². The van der Waals surface area contributed by atoms with Crippen LogP contribution < -0.4 is 4.90 Å². The zero-order valence-corrected chi connectivity index (χ0v) is 15.4. The van der Waals surface area contributed by atoms with Crippen molar-refractivity contribution in [2.75, 3.05) is 4.90 Å². The van der Waals surface area contributed by atoms with Gasteiger partial charge in [0.15, 0.2) is 11.5 Å². The maximum absolute atomic E-state index is 12.9. The fraction of sp³-hybridized carbons (Fsp3) is 0.286. The number of nitrogens with zero attached hydrogens (tertiary/aromatic N) is 2. The van der Waals surface area contributed by atoms with Gasteiger partial charge in [0.25, 0.3) is 5.91 Å². The van der Waals surface area contributed by atoms with Crippen LogP contribution >= 0.6 is 0 Å². The molecule has 3 rings (SSSR count). The summed E-state index contributed by atoms with van der Waals surface area (Å²) in [5, 5.41) is 10.5. The predicted octanol–water partition coefficient (Wildman–Crippen LogP) is 3.82. The van der Waals surface area contributed by atoms with Crippen LogP contribution in [0.5, 0.6) is 0 Å². The first-order chi connectivity index (χ1) is 12.3. The van der Waals surface area contributed by atoms with E-state index in [-0.39, 0.29) is 17.3 Å². The van der Waals surface area contributed by atoms with Gasteiger partial charge in [0, 0.05) is 24.0 Å². The number of aliphatic hydroxyl groups is 1. The lowest BCUT2D eigenvalue weighted by Gasteiger charge is -2.27. The van der Waals surface area contributed by atoms with E-state index in [0.717, 1.165) is 11.1 Å². The second kappa shape index (κ2) is 6.75. The number of anilines is 1. The van der Waals surface area contributed by atoms with Gasteiger partial charge in [-0.25, -0.2) is 0 Å². The first-order valence-corrected chi connectivity index (χ1v) is 8.61. The molecule has 1 aliphatic heterocycles. The third kappa shape index (κ3) is 2.90. The Morgan fingerprint density at radius 1 is 1.19 bits per heavy atom. The lowest BCUT2D eigenvalue weighted by Crippen LogP contribution is -2.31. The van der Waals surface area contributed by atoms with E-state index in [1.807, 2.05) is 38.1 Å². The highest BCUT2D eigenvalue weighted by molar-refractivity contribution is 6.16. The number of rotatable bonds is 4. The third-order valence-electron chi connectivity index (χ3n) is 4.77. The highest BCUT2D eigenvalue weighted by Gasteiger charge is 2.44. The van der Waals surface area contributed by atoms with Gasteiger partial charge in [0.05, 0.1) is 11.6 Å². The topological polar surface area (TPSA) is 70.5 Å². The van der Waals surface area contributed by atoms with E-state index in [0.29, 0.717) is 11.3 Å². The molecular formula is C21H22N2O3. The molecule has 1 aromatic heterocycles. The molecule has 0 bridgehead atoms. The predicted molar refractivity (Wildman–Crippen MR) is 99.9 cm³/mol. The smallest absolute Gasteiger partial charge is 0.294 e. The third-order valence-corrected chi connectivity index (χ3v) is 4.77. The second-order valence-corrected chi connectivity index (χ2v) is 6.91. The van der Waals surface area contributed by atoms with Crippen LogP contribution in [0.15, 0.2) is 54.1 Å². The molecule has 1 aromatic carbocycles. The molecule has 1 atom stereocenters. The Balaban J connectivity index is 2.19. The summed E-state index contributed by atoms with van der Waals surface area (Å²) in [6.45, 7) is 7.47. The number of aryl methyl sites for hydroxylation is 2. The van der Waals surface area contributed by atoms with E-state index in [2.05, 4.69) is 4.98 Å². The molecule has 26 heavy (non-hydrogen) atoms. The highest BCUT2D eigenvalue weighted by atomic mass is 16.3. The minimum atomic E-state index is -0.687. The summed E-state index contributed by atoms with van der Waals surface area (Å²) in [5.74, 6) is -1.61. The summed E-state index contributed by atoms with van der Waals surface area (Å²) >= 11 is 0. The Bertz CT molecular complexity index is 901. The van der Waals surface area contributed by atoms with E-state index in [1.54, 1.807) is 32.3 Å². The average molecular weight is 350 g/mol. The lowest BCUT2D eigenvalue weighted by molar-refractivity contribution is -0.119. The molecule has 1 aliphatic rings. The molecule has 2 heterocycles. The average Bonchev–Trinajstić information content (AvgIpc) is 2.89. The number of aliphatic hydroxyl groups excluding tert-OH is 1. The summed E-state index contributed by atoms with van der Waals surface area (Å²) in [6, 6.07) is 8.54. The second-order valence-electron chi connectivity index (χ2n) is 6.91. The van der Waals surface area contributed by atoms with Crippen LogP contribution in [-0.2, 0) is 9.59 Å². The monoisotopic (exact) mass is 350 g/mol. The SMILES string of the molecule is Cc1ccc(N2C(=O)C(O)=C(C(=O)C(C)C)C2c2cccnc2)cc1C. The van der Waals surface area contributed by atoms with Crippen LogP contribution in [0.1, 0.15) is 36.6 Å². The molecule has 5 heteroatoms. The van der Waals surface area contributed by atoms with Crippen molar-refractivity contribution in [2.24, 2.45) is 5.92 Å². The number of hydrogen-bond acceptors (Lipinski definition) is 4. The number of hydrogen-bond donors (Lipinski definition) is 1. The van der Waals surface area contributed by atoms with Crippen molar-refractivity contribution in [1.82, 2.24) is 4.98 Å². The molecule has 0 aliphatic carbocycles. The fourth-order valence-corrected chi connectivity index (χ4v) is 3.16.